The van der Waals surface area contributed by atoms with E-state index in [1.54, 1.807) is 0 Å². The van der Waals surface area contributed by atoms with Gasteiger partial charge in [0, 0.05) is 22.7 Å². The van der Waals surface area contributed by atoms with Crippen LogP contribution < -0.4 is 9.80 Å². The quantitative estimate of drug-likeness (QED) is 0.0799. The highest BCUT2D eigenvalue weighted by Gasteiger charge is 2.24. The number of benzene rings is 12. The minimum absolute atomic E-state index is 0.712. The topological polar surface area (TPSA) is 58.0 Å². The molecular weight excluding hydrogens is 1110 g/mol. The van der Waals surface area contributed by atoms with Crippen molar-refractivity contribution in [3.63, 3.8) is 0 Å². The van der Waals surface area contributed by atoms with Gasteiger partial charge in [0.1, 0.15) is 22.1 Å². The minimum atomic E-state index is 0.712. The van der Waals surface area contributed by atoms with Crippen molar-refractivity contribution in [3.05, 3.63) is 371 Å². The predicted octanol–water partition coefficient (Wildman–Crippen LogP) is 20.1. The van der Waals surface area contributed by atoms with Gasteiger partial charge in [0.2, 0.25) is 0 Å². The summed E-state index contributed by atoms with van der Waals surface area (Å²) in [6.07, 6.45) is 0. The molecule has 0 unspecified atom stereocenters. The fraction of sp³-hybridized carbons (Fsp3) is 0. The Labute approximate surface area is 520 Å². The number of fused-ring (bicyclic) bond motifs is 2. The summed E-state index contributed by atoms with van der Waals surface area (Å²) in [5.74, 6) is 13.0. The average Bonchev–Trinajstić information content (AvgIpc) is 1.79. The molecule has 8 heteroatoms. The second kappa shape index (κ2) is 25.4. The van der Waals surface area contributed by atoms with Crippen LogP contribution in [0.15, 0.2) is 315 Å². The maximum atomic E-state index is 4.91. The lowest BCUT2D eigenvalue weighted by Crippen LogP contribution is -2.11. The molecule has 0 N–H and O–H groups in total. The third-order valence-electron chi connectivity index (χ3n) is 15.5. The van der Waals surface area contributed by atoms with E-state index < -0.39 is 0 Å². The van der Waals surface area contributed by atoms with E-state index in [1.165, 1.54) is 23.5 Å². The van der Waals surface area contributed by atoms with Crippen molar-refractivity contribution in [1.29, 1.82) is 0 Å². The van der Waals surface area contributed by atoms with E-state index in [-0.39, 0.29) is 0 Å². The summed E-state index contributed by atoms with van der Waals surface area (Å²) in [5, 5.41) is 0. The van der Waals surface area contributed by atoms with E-state index in [4.69, 9.17) is 17.5 Å². The third-order valence-corrected chi connectivity index (χ3v) is 16.5. The number of aromatic nitrogens is 4. The number of hydrogen-bond donors (Lipinski definition) is 0. The van der Waals surface area contributed by atoms with E-state index in [1.807, 2.05) is 24.3 Å². The Balaban J connectivity index is 0.789. The summed E-state index contributed by atoms with van der Waals surface area (Å²) < 4.78 is 19.5. The van der Waals surface area contributed by atoms with Crippen molar-refractivity contribution in [2.75, 3.05) is 9.80 Å². The highest BCUT2D eigenvalue weighted by atomic mass is 32.1. The monoisotopic (exact) mass is 1160 g/mol. The summed E-state index contributed by atoms with van der Waals surface area (Å²) in [7, 11) is 0. The molecule has 14 rings (SSSR count). The van der Waals surface area contributed by atoms with Gasteiger partial charge in [-0.3, -0.25) is 0 Å². The van der Waals surface area contributed by atoms with Gasteiger partial charge in [-0.15, -0.1) is 0 Å². The molecule has 0 fully saturated rings. The zero-order valence-corrected chi connectivity index (χ0v) is 49.2. The molecule has 6 nitrogen and oxygen atoms in total. The number of anilines is 6. The number of hydrogen-bond acceptors (Lipinski definition) is 8. The second-order valence-corrected chi connectivity index (χ2v) is 21.9. The van der Waals surface area contributed by atoms with Crippen LogP contribution in [-0.2, 0) is 0 Å². The molecule has 0 aliphatic rings. The Morgan fingerprint density at radius 2 is 0.455 bits per heavy atom. The first-order valence-electron chi connectivity index (χ1n) is 29.0. The minimum Gasteiger partial charge on any atom is -0.308 e. The van der Waals surface area contributed by atoms with Crippen molar-refractivity contribution in [1.82, 2.24) is 17.5 Å². The van der Waals surface area contributed by atoms with Crippen LogP contribution in [-0.4, -0.2) is 17.5 Å². The van der Waals surface area contributed by atoms with E-state index in [2.05, 4.69) is 325 Å². The molecule has 0 saturated carbocycles. The third kappa shape index (κ3) is 11.2. The number of nitrogens with zero attached hydrogens (tertiary/aromatic N) is 6. The molecule has 0 bridgehead atoms. The summed E-state index contributed by atoms with van der Waals surface area (Å²) >= 11 is 2.35. The first-order chi connectivity index (χ1) is 43.7. The van der Waals surface area contributed by atoms with Gasteiger partial charge in [-0.25, -0.2) is 0 Å². The molecule has 0 aliphatic heterocycles. The van der Waals surface area contributed by atoms with Crippen LogP contribution in [0.1, 0.15) is 55.6 Å². The predicted molar refractivity (Wildman–Crippen MR) is 367 cm³/mol. The Bertz CT molecular complexity index is 4520. The molecule has 414 valence electrons. The maximum absolute atomic E-state index is 4.91. The highest BCUT2D eigenvalue weighted by Crippen LogP contribution is 2.44. The lowest BCUT2D eigenvalue weighted by Gasteiger charge is -2.26. The maximum Gasteiger partial charge on any atom is 0.130 e. The van der Waals surface area contributed by atoms with Gasteiger partial charge < -0.3 is 9.80 Å². The number of rotatable bonds is 14. The summed E-state index contributed by atoms with van der Waals surface area (Å²) in [5.41, 5.74) is 23.8. The largest absolute Gasteiger partial charge is 0.308 e. The van der Waals surface area contributed by atoms with Crippen molar-refractivity contribution in [3.8, 4) is 23.7 Å². The van der Waals surface area contributed by atoms with Crippen LogP contribution >= 0.6 is 23.5 Å². The van der Waals surface area contributed by atoms with Crippen LogP contribution in [0.2, 0.25) is 0 Å². The molecule has 0 radical (unpaired) electrons. The molecule has 14 aromatic rings. The van der Waals surface area contributed by atoms with Crippen LogP contribution in [0, 0.1) is 23.7 Å². The second-order valence-electron chi connectivity index (χ2n) is 20.8. The van der Waals surface area contributed by atoms with Crippen LogP contribution in [0.4, 0.5) is 34.1 Å². The van der Waals surface area contributed by atoms with Crippen molar-refractivity contribution < 1.29 is 0 Å². The van der Waals surface area contributed by atoms with E-state index in [0.717, 1.165) is 123 Å². The van der Waals surface area contributed by atoms with Gasteiger partial charge in [0.05, 0.1) is 46.0 Å². The first kappa shape index (κ1) is 54.4. The smallest absolute Gasteiger partial charge is 0.130 e. The lowest BCUT2D eigenvalue weighted by molar-refractivity contribution is 1.29. The molecule has 0 aliphatic carbocycles. The van der Waals surface area contributed by atoms with Gasteiger partial charge in [-0.2, -0.15) is 17.5 Å². The van der Waals surface area contributed by atoms with Gasteiger partial charge in [-0.1, -0.05) is 254 Å². The molecule has 0 amide bonds. The van der Waals surface area contributed by atoms with Crippen LogP contribution in [0.3, 0.4) is 0 Å². The fourth-order valence-electron chi connectivity index (χ4n) is 11.5. The van der Waals surface area contributed by atoms with Gasteiger partial charge >= 0.3 is 0 Å². The molecule has 0 spiro atoms. The van der Waals surface area contributed by atoms with Crippen LogP contribution in [0.25, 0.3) is 44.4 Å². The van der Waals surface area contributed by atoms with Gasteiger partial charge in [0.25, 0.3) is 0 Å². The summed E-state index contributed by atoms with van der Waals surface area (Å²) in [6.45, 7) is 0. The Kier molecular flexibility index (Phi) is 15.7. The molecule has 2 heterocycles. The van der Waals surface area contributed by atoms with Crippen molar-refractivity contribution in [2.24, 2.45) is 0 Å². The average molecular weight is 1160 g/mol. The molecule has 0 atom stereocenters. The van der Waals surface area contributed by atoms with Crippen molar-refractivity contribution >= 4 is 102 Å². The summed E-state index contributed by atoms with van der Waals surface area (Å²) in [4.78, 5) is 4.48. The first-order valence-corrected chi connectivity index (χ1v) is 30.4. The van der Waals surface area contributed by atoms with E-state index in [9.17, 15) is 0 Å². The van der Waals surface area contributed by atoms with E-state index >= 15 is 0 Å². The standard InChI is InChI=1S/C80H52N6S2/c1-9-27-57(28-10-1)73(58-29-11-2-12-30-58)75(61-35-17-5-18-36-61)63-45-51-69(52-46-63)85(67-41-21-7-22-42-67)71-55-49-65(77-79(71)83-87-81-77)39-25-26-40-66-50-56-72(80-78(66)82-88-84-80)86(68-43-23-8-24-44-68)70-53-47-64(48-54-70)76(62-37-19-6-20-38-62)74(59-31-13-3-14-32-59)60-33-15-4-16-34-60/h1-24,27-38,41-56H. The van der Waals surface area contributed by atoms with Crippen LogP contribution in [0.5, 0.6) is 0 Å². The molecule has 2 aromatic heterocycles. The normalized spacial score (nSPS) is 10.8. The Morgan fingerprint density at radius 3 is 0.727 bits per heavy atom. The molecule has 12 aromatic carbocycles. The zero-order chi connectivity index (χ0) is 58.9. The van der Waals surface area contributed by atoms with Gasteiger partial charge in [0.15, 0.2) is 0 Å². The molecular formula is C80H52N6S2. The summed E-state index contributed by atoms with van der Waals surface area (Å²) in [6, 6.07) is 111. The molecule has 88 heavy (non-hydrogen) atoms. The Morgan fingerprint density at radius 1 is 0.227 bits per heavy atom. The highest BCUT2D eigenvalue weighted by molar-refractivity contribution is 7.00. The Hall–Kier alpha value is -11.5. The lowest BCUT2D eigenvalue weighted by atomic mass is 9.86. The SMILES string of the molecule is C(C#Cc1ccc(N(c2ccccc2)c2ccc(C(=C(c3ccccc3)c3ccccc3)c3ccccc3)cc2)c2nsnc12)#Cc1ccc(N(c2ccccc2)c2ccc(C(=C(c3ccccc3)c3ccccc3)c3ccccc3)cc2)c2nsnc12. The van der Waals surface area contributed by atoms with Gasteiger partial charge in [-0.05, 0) is 151 Å². The van der Waals surface area contributed by atoms with Crippen molar-refractivity contribution in [2.45, 2.75) is 0 Å². The fourth-order valence-corrected chi connectivity index (χ4v) is 12.6. The number of para-hydroxylation sites is 2. The molecule has 0 saturated heterocycles. The zero-order valence-electron chi connectivity index (χ0n) is 47.5. The van der Waals surface area contributed by atoms with E-state index in [0.29, 0.717) is 11.0 Å².